The molecule has 1 aliphatic rings. The maximum Gasteiger partial charge on any atom is 0.241 e. The van der Waals surface area contributed by atoms with Crippen LogP contribution >= 0.6 is 15.9 Å². The number of anilines is 1. The van der Waals surface area contributed by atoms with Gasteiger partial charge in [0, 0.05) is 41.8 Å². The number of nitrogens with zero attached hydrogens (tertiary/aromatic N) is 1. The van der Waals surface area contributed by atoms with Crippen LogP contribution in [0.1, 0.15) is 22.8 Å². The number of rotatable bonds is 5. The number of ketones is 1. The Balaban J connectivity index is 1.81. The van der Waals surface area contributed by atoms with Gasteiger partial charge in [-0.3, -0.25) is 14.5 Å². The smallest absolute Gasteiger partial charge is 0.241 e. The Kier molecular flexibility index (Phi) is 6.19. The quantitative estimate of drug-likeness (QED) is 0.736. The van der Waals surface area contributed by atoms with E-state index in [2.05, 4.69) is 31.5 Å². The fourth-order valence-electron chi connectivity index (χ4n) is 3.03. The second-order valence-electron chi connectivity index (χ2n) is 6.34. The maximum atomic E-state index is 12.9. The largest absolute Gasteiger partial charge is 0.324 e. The molecule has 2 aromatic carbocycles. The highest BCUT2D eigenvalue weighted by atomic mass is 79.9. The van der Waals surface area contributed by atoms with E-state index in [9.17, 15) is 9.59 Å². The summed E-state index contributed by atoms with van der Waals surface area (Å²) in [5, 5.41) is 6.23. The Bertz CT molecular complexity index is 789. The number of amides is 1. The van der Waals surface area contributed by atoms with Gasteiger partial charge >= 0.3 is 0 Å². The summed E-state index contributed by atoms with van der Waals surface area (Å²) in [4.78, 5) is 27.7. The molecular formula is C20H22BrN3O2. The molecule has 2 aromatic rings. The van der Waals surface area contributed by atoms with Crippen molar-refractivity contribution < 1.29 is 9.59 Å². The van der Waals surface area contributed by atoms with Crippen LogP contribution in [-0.4, -0.2) is 48.8 Å². The van der Waals surface area contributed by atoms with Crippen molar-refractivity contribution in [2.24, 2.45) is 0 Å². The molecule has 1 heterocycles. The highest BCUT2D eigenvalue weighted by molar-refractivity contribution is 9.10. The van der Waals surface area contributed by atoms with Gasteiger partial charge < -0.3 is 10.6 Å². The average molecular weight is 416 g/mol. The number of hydrogen-bond acceptors (Lipinski definition) is 4. The molecule has 0 saturated carbocycles. The third-order valence-corrected chi connectivity index (χ3v) is 5.09. The normalized spacial score (nSPS) is 16.1. The lowest BCUT2D eigenvalue weighted by molar-refractivity contribution is -0.120. The van der Waals surface area contributed by atoms with Gasteiger partial charge in [0.25, 0.3) is 0 Å². The van der Waals surface area contributed by atoms with E-state index < -0.39 is 0 Å². The van der Waals surface area contributed by atoms with E-state index in [1.54, 1.807) is 24.3 Å². The number of carbonyl (C=O) groups is 2. The molecule has 0 bridgehead atoms. The van der Waals surface area contributed by atoms with Crippen molar-refractivity contribution in [3.05, 3.63) is 64.1 Å². The maximum absolute atomic E-state index is 12.9. The molecule has 136 valence electrons. The molecule has 0 aliphatic carbocycles. The standard InChI is InChI=1S/C20H22BrN3O2/c1-14(24-11-9-22-10-12-24)20(26)23-18-8-7-16(21)13-17(18)19(25)15-5-3-2-4-6-15/h2-8,13-14,22H,9-12H2,1H3,(H,23,26). The third kappa shape index (κ3) is 4.38. The minimum atomic E-state index is -0.250. The third-order valence-electron chi connectivity index (χ3n) is 4.60. The lowest BCUT2D eigenvalue weighted by Crippen LogP contribution is -2.51. The zero-order valence-electron chi connectivity index (χ0n) is 14.7. The van der Waals surface area contributed by atoms with Gasteiger partial charge in [-0.05, 0) is 25.1 Å². The second kappa shape index (κ2) is 8.58. The predicted octanol–water partition coefficient (Wildman–Crippen LogP) is 2.91. The van der Waals surface area contributed by atoms with Crippen molar-refractivity contribution in [3.8, 4) is 0 Å². The molecule has 1 saturated heterocycles. The van der Waals surface area contributed by atoms with Gasteiger partial charge in [0.1, 0.15) is 0 Å². The molecular weight excluding hydrogens is 394 g/mol. The molecule has 1 fully saturated rings. The van der Waals surface area contributed by atoms with Gasteiger partial charge in [-0.2, -0.15) is 0 Å². The van der Waals surface area contributed by atoms with E-state index in [1.165, 1.54) is 0 Å². The summed E-state index contributed by atoms with van der Waals surface area (Å²) in [7, 11) is 0. The van der Waals surface area contributed by atoms with Gasteiger partial charge in [0.2, 0.25) is 5.91 Å². The van der Waals surface area contributed by atoms with Gasteiger partial charge in [-0.15, -0.1) is 0 Å². The molecule has 1 atom stereocenters. The number of piperazine rings is 1. The Hall–Kier alpha value is -2.02. The molecule has 3 rings (SSSR count). The van der Waals surface area contributed by atoms with Crippen LogP contribution in [0.5, 0.6) is 0 Å². The van der Waals surface area contributed by atoms with Crippen molar-refractivity contribution in [2.75, 3.05) is 31.5 Å². The van der Waals surface area contributed by atoms with Crippen LogP contribution in [0.25, 0.3) is 0 Å². The molecule has 0 spiro atoms. The van der Waals surface area contributed by atoms with Gasteiger partial charge in [0.05, 0.1) is 11.7 Å². The number of hydrogen-bond donors (Lipinski definition) is 2. The summed E-state index contributed by atoms with van der Waals surface area (Å²) < 4.78 is 0.796. The molecule has 1 amide bonds. The minimum Gasteiger partial charge on any atom is -0.324 e. The first kappa shape index (κ1) is 18.8. The summed E-state index contributed by atoms with van der Waals surface area (Å²) in [5.41, 5.74) is 1.61. The van der Waals surface area contributed by atoms with Crippen LogP contribution in [0.2, 0.25) is 0 Å². The van der Waals surface area contributed by atoms with Crippen molar-refractivity contribution in [1.29, 1.82) is 0 Å². The van der Waals surface area contributed by atoms with Crippen molar-refractivity contribution in [1.82, 2.24) is 10.2 Å². The minimum absolute atomic E-state index is 0.101. The van der Waals surface area contributed by atoms with Crippen LogP contribution < -0.4 is 10.6 Å². The topological polar surface area (TPSA) is 61.4 Å². The number of benzene rings is 2. The van der Waals surface area contributed by atoms with E-state index in [0.717, 1.165) is 30.7 Å². The molecule has 5 nitrogen and oxygen atoms in total. The molecule has 0 aromatic heterocycles. The first-order valence-electron chi connectivity index (χ1n) is 8.71. The monoisotopic (exact) mass is 415 g/mol. The summed E-state index contributed by atoms with van der Waals surface area (Å²) >= 11 is 3.41. The molecule has 0 radical (unpaired) electrons. The highest BCUT2D eigenvalue weighted by Crippen LogP contribution is 2.24. The molecule has 2 N–H and O–H groups in total. The molecule has 6 heteroatoms. The van der Waals surface area contributed by atoms with Crippen molar-refractivity contribution in [3.63, 3.8) is 0 Å². The lowest BCUT2D eigenvalue weighted by Gasteiger charge is -2.32. The van der Waals surface area contributed by atoms with Gasteiger partial charge in [-0.25, -0.2) is 0 Å². The average Bonchev–Trinajstić information content (AvgIpc) is 2.69. The number of halogens is 1. The number of carbonyl (C=O) groups excluding carboxylic acids is 2. The molecule has 1 unspecified atom stereocenters. The first-order valence-corrected chi connectivity index (χ1v) is 9.50. The van der Waals surface area contributed by atoms with Crippen LogP contribution in [-0.2, 0) is 4.79 Å². The fraction of sp³-hybridized carbons (Fsp3) is 0.300. The summed E-state index contributed by atoms with van der Waals surface area (Å²) in [6, 6.07) is 14.2. The van der Waals surface area contributed by atoms with Crippen LogP contribution in [0.15, 0.2) is 53.0 Å². The van der Waals surface area contributed by atoms with Crippen LogP contribution in [0.4, 0.5) is 5.69 Å². The summed E-state index contributed by atoms with van der Waals surface area (Å²) in [6.07, 6.45) is 0. The Morgan fingerprint density at radius 2 is 1.81 bits per heavy atom. The van der Waals surface area contributed by atoms with Crippen molar-refractivity contribution in [2.45, 2.75) is 13.0 Å². The SMILES string of the molecule is CC(C(=O)Nc1ccc(Br)cc1C(=O)c1ccccc1)N1CCNCC1. The Labute approximate surface area is 161 Å². The van der Waals surface area contributed by atoms with Crippen molar-refractivity contribution >= 4 is 33.3 Å². The zero-order valence-corrected chi connectivity index (χ0v) is 16.3. The van der Waals surface area contributed by atoms with Crippen LogP contribution in [0.3, 0.4) is 0 Å². The Morgan fingerprint density at radius 3 is 2.50 bits per heavy atom. The molecule has 26 heavy (non-hydrogen) atoms. The summed E-state index contributed by atoms with van der Waals surface area (Å²) in [5.74, 6) is -0.214. The van der Waals surface area contributed by atoms with E-state index in [1.807, 2.05) is 31.2 Å². The number of nitrogens with one attached hydrogen (secondary N) is 2. The van der Waals surface area contributed by atoms with E-state index in [-0.39, 0.29) is 17.7 Å². The first-order chi connectivity index (χ1) is 12.6. The summed E-state index contributed by atoms with van der Waals surface area (Å²) in [6.45, 7) is 5.34. The fourth-order valence-corrected chi connectivity index (χ4v) is 3.39. The van der Waals surface area contributed by atoms with E-state index in [4.69, 9.17) is 0 Å². The lowest BCUT2D eigenvalue weighted by atomic mass is 10.0. The van der Waals surface area contributed by atoms with Gasteiger partial charge in [0.15, 0.2) is 5.78 Å². The van der Waals surface area contributed by atoms with E-state index in [0.29, 0.717) is 16.8 Å². The molecule has 1 aliphatic heterocycles. The van der Waals surface area contributed by atoms with Crippen LogP contribution in [0, 0.1) is 0 Å². The van der Waals surface area contributed by atoms with E-state index >= 15 is 0 Å². The zero-order chi connectivity index (χ0) is 18.5. The van der Waals surface area contributed by atoms with Gasteiger partial charge in [-0.1, -0.05) is 46.3 Å². The Morgan fingerprint density at radius 1 is 1.12 bits per heavy atom. The predicted molar refractivity (Wildman–Crippen MR) is 107 cm³/mol. The second-order valence-corrected chi connectivity index (χ2v) is 7.25. The highest BCUT2D eigenvalue weighted by Gasteiger charge is 2.24.